The Morgan fingerprint density at radius 2 is 2.00 bits per heavy atom. The third kappa shape index (κ3) is 4.38. The predicted molar refractivity (Wildman–Crippen MR) is 80.5 cm³/mol. The van der Waals surface area contributed by atoms with E-state index >= 15 is 0 Å². The van der Waals surface area contributed by atoms with Crippen molar-refractivity contribution in [2.24, 2.45) is 5.92 Å². The number of hydrogen-bond acceptors (Lipinski definition) is 3. The zero-order valence-corrected chi connectivity index (χ0v) is 13.0. The first-order valence-corrected chi connectivity index (χ1v) is 7.52. The number of ether oxygens (including phenoxy) is 1. The average molecular weight is 298 g/mol. The average Bonchev–Trinajstić information content (AvgIpc) is 2.37. The lowest BCUT2D eigenvalue weighted by molar-refractivity contribution is 0.0527. The summed E-state index contributed by atoms with van der Waals surface area (Å²) in [5, 5.41) is 3.19. The Kier molecular flexibility index (Phi) is 5.53. The molecule has 0 bridgehead atoms. The van der Waals surface area contributed by atoms with E-state index in [4.69, 9.17) is 4.74 Å². The molecule has 1 N–H and O–H groups in total. The lowest BCUT2D eigenvalue weighted by Crippen LogP contribution is -2.42. The molecule has 21 heavy (non-hydrogen) atoms. The molecular weight excluding hydrogens is 274 g/mol. The minimum absolute atomic E-state index is 0.00932. The number of benzene rings is 1. The maximum absolute atomic E-state index is 14.3. The first-order valence-electron chi connectivity index (χ1n) is 7.52. The number of hydrogen-bond donors (Lipinski definition) is 1. The molecule has 0 radical (unpaired) electrons. The fraction of sp³-hybridized carbons (Fsp3) is 0.625. The van der Waals surface area contributed by atoms with Gasteiger partial charge in [0.1, 0.15) is 17.3 Å². The Labute approximate surface area is 125 Å². The molecule has 1 aliphatic heterocycles. The molecule has 5 heteroatoms. The van der Waals surface area contributed by atoms with Crippen LogP contribution in [-0.4, -0.2) is 32.3 Å². The van der Waals surface area contributed by atoms with E-state index in [1.807, 2.05) is 6.92 Å². The molecule has 1 unspecified atom stereocenters. The summed E-state index contributed by atoms with van der Waals surface area (Å²) in [5.41, 5.74) is 0.702. The fourth-order valence-corrected chi connectivity index (χ4v) is 2.55. The van der Waals surface area contributed by atoms with Crippen LogP contribution in [0.4, 0.5) is 14.5 Å². The van der Waals surface area contributed by atoms with Gasteiger partial charge in [-0.2, -0.15) is 0 Å². The minimum atomic E-state index is -0.495. The summed E-state index contributed by atoms with van der Waals surface area (Å²) in [4.78, 5) is 1.73. The highest BCUT2D eigenvalue weighted by atomic mass is 19.1. The van der Waals surface area contributed by atoms with Crippen molar-refractivity contribution in [1.29, 1.82) is 0 Å². The van der Waals surface area contributed by atoms with Gasteiger partial charge in [-0.1, -0.05) is 13.8 Å². The second kappa shape index (κ2) is 7.18. The minimum Gasteiger partial charge on any atom is -0.375 e. The zero-order chi connectivity index (χ0) is 15.4. The summed E-state index contributed by atoms with van der Waals surface area (Å²) in [6.07, 6.45) is -0.00932. The highest BCUT2D eigenvalue weighted by Crippen LogP contribution is 2.26. The summed E-state index contributed by atoms with van der Waals surface area (Å²) >= 11 is 0. The molecule has 1 aliphatic rings. The zero-order valence-electron chi connectivity index (χ0n) is 13.0. The van der Waals surface area contributed by atoms with Gasteiger partial charge in [0.25, 0.3) is 0 Å². The van der Waals surface area contributed by atoms with Crippen LogP contribution in [0.1, 0.15) is 26.3 Å². The molecule has 0 aromatic heterocycles. The van der Waals surface area contributed by atoms with Crippen molar-refractivity contribution in [3.05, 3.63) is 29.3 Å². The van der Waals surface area contributed by atoms with E-state index in [-0.39, 0.29) is 11.8 Å². The second-order valence-corrected chi connectivity index (χ2v) is 6.06. The van der Waals surface area contributed by atoms with E-state index in [1.165, 1.54) is 12.1 Å². The van der Waals surface area contributed by atoms with Gasteiger partial charge >= 0.3 is 0 Å². The SMILES string of the molecule is CC(C)CNCc1cc(F)c(N2CCOC(C)C2)c(F)c1. The molecular formula is C16H24F2N2O. The van der Waals surface area contributed by atoms with E-state index in [2.05, 4.69) is 19.2 Å². The highest BCUT2D eigenvalue weighted by molar-refractivity contribution is 5.51. The Balaban J connectivity index is 2.09. The standard InChI is InChI=1S/C16H24F2N2O/c1-11(2)8-19-9-13-6-14(17)16(15(18)7-13)20-4-5-21-12(3)10-20/h6-7,11-12,19H,4-5,8-10H2,1-3H3. The van der Waals surface area contributed by atoms with Crippen LogP contribution in [0.15, 0.2) is 12.1 Å². The normalized spacial score (nSPS) is 19.3. The van der Waals surface area contributed by atoms with Gasteiger partial charge in [0, 0.05) is 19.6 Å². The van der Waals surface area contributed by atoms with Crippen LogP contribution in [0.25, 0.3) is 0 Å². The number of rotatable bonds is 5. The Bertz CT molecular complexity index is 456. The first-order chi connectivity index (χ1) is 9.97. The third-order valence-corrected chi connectivity index (χ3v) is 3.52. The molecule has 0 amide bonds. The molecule has 118 valence electrons. The van der Waals surface area contributed by atoms with Crippen molar-refractivity contribution in [2.75, 3.05) is 31.1 Å². The number of nitrogens with zero attached hydrogens (tertiary/aromatic N) is 1. The molecule has 1 aromatic rings. The van der Waals surface area contributed by atoms with Crippen molar-refractivity contribution in [1.82, 2.24) is 5.32 Å². The summed E-state index contributed by atoms with van der Waals surface area (Å²) in [7, 11) is 0. The molecule has 0 spiro atoms. The van der Waals surface area contributed by atoms with Gasteiger partial charge in [0.15, 0.2) is 0 Å². The van der Waals surface area contributed by atoms with Gasteiger partial charge in [-0.15, -0.1) is 0 Å². The smallest absolute Gasteiger partial charge is 0.149 e. The summed E-state index contributed by atoms with van der Waals surface area (Å²) in [6.45, 7) is 8.93. The van der Waals surface area contributed by atoms with E-state index in [1.54, 1.807) is 4.90 Å². The Morgan fingerprint density at radius 1 is 1.33 bits per heavy atom. The van der Waals surface area contributed by atoms with Gasteiger partial charge in [-0.3, -0.25) is 0 Å². The molecule has 0 saturated carbocycles. The summed E-state index contributed by atoms with van der Waals surface area (Å²) in [6, 6.07) is 2.84. The summed E-state index contributed by atoms with van der Waals surface area (Å²) in [5.74, 6) is -0.482. The molecule has 1 atom stereocenters. The number of morpholine rings is 1. The lowest BCUT2D eigenvalue weighted by atomic mass is 10.1. The topological polar surface area (TPSA) is 24.5 Å². The van der Waals surface area contributed by atoms with Crippen molar-refractivity contribution in [3.8, 4) is 0 Å². The van der Waals surface area contributed by atoms with Crippen LogP contribution in [0, 0.1) is 17.6 Å². The van der Waals surface area contributed by atoms with E-state index in [0.717, 1.165) is 6.54 Å². The van der Waals surface area contributed by atoms with Crippen LogP contribution in [0.5, 0.6) is 0 Å². The first kappa shape index (κ1) is 16.2. The van der Waals surface area contributed by atoms with Crippen LogP contribution >= 0.6 is 0 Å². The van der Waals surface area contributed by atoms with E-state index in [9.17, 15) is 8.78 Å². The van der Waals surface area contributed by atoms with Gasteiger partial charge in [0.05, 0.1) is 12.7 Å². The quantitative estimate of drug-likeness (QED) is 0.904. The fourth-order valence-electron chi connectivity index (χ4n) is 2.55. The maximum atomic E-state index is 14.3. The Hall–Kier alpha value is -1.20. The highest BCUT2D eigenvalue weighted by Gasteiger charge is 2.23. The lowest BCUT2D eigenvalue weighted by Gasteiger charge is -2.33. The van der Waals surface area contributed by atoms with E-state index < -0.39 is 11.6 Å². The molecule has 1 fully saturated rings. The van der Waals surface area contributed by atoms with Crippen molar-refractivity contribution < 1.29 is 13.5 Å². The van der Waals surface area contributed by atoms with Gasteiger partial charge in [0.2, 0.25) is 0 Å². The van der Waals surface area contributed by atoms with Crippen LogP contribution < -0.4 is 10.2 Å². The molecule has 1 heterocycles. The maximum Gasteiger partial charge on any atom is 0.149 e. The molecule has 2 rings (SSSR count). The van der Waals surface area contributed by atoms with Crippen LogP contribution in [0.3, 0.4) is 0 Å². The monoisotopic (exact) mass is 298 g/mol. The number of nitrogens with one attached hydrogen (secondary N) is 1. The van der Waals surface area contributed by atoms with Gasteiger partial charge < -0.3 is 15.0 Å². The van der Waals surface area contributed by atoms with Crippen molar-refractivity contribution in [2.45, 2.75) is 33.4 Å². The predicted octanol–water partition coefficient (Wildman–Crippen LogP) is 2.94. The third-order valence-electron chi connectivity index (χ3n) is 3.52. The second-order valence-electron chi connectivity index (χ2n) is 6.06. The summed E-state index contributed by atoms with van der Waals surface area (Å²) < 4.78 is 33.9. The van der Waals surface area contributed by atoms with E-state index in [0.29, 0.717) is 37.7 Å². The van der Waals surface area contributed by atoms with Crippen molar-refractivity contribution in [3.63, 3.8) is 0 Å². The largest absolute Gasteiger partial charge is 0.375 e. The van der Waals surface area contributed by atoms with Crippen LogP contribution in [-0.2, 0) is 11.3 Å². The molecule has 1 saturated heterocycles. The Morgan fingerprint density at radius 3 is 2.57 bits per heavy atom. The molecule has 0 aliphatic carbocycles. The number of halogens is 2. The van der Waals surface area contributed by atoms with Gasteiger partial charge in [-0.05, 0) is 37.1 Å². The van der Waals surface area contributed by atoms with Crippen molar-refractivity contribution >= 4 is 5.69 Å². The molecule has 1 aromatic carbocycles. The number of anilines is 1. The van der Waals surface area contributed by atoms with Gasteiger partial charge in [-0.25, -0.2) is 8.78 Å². The van der Waals surface area contributed by atoms with Crippen LogP contribution in [0.2, 0.25) is 0 Å². The molecule has 3 nitrogen and oxygen atoms in total.